The van der Waals surface area contributed by atoms with E-state index in [0.29, 0.717) is 11.4 Å². The fourth-order valence-electron chi connectivity index (χ4n) is 1.48. The number of anilines is 2. The zero-order valence-electron chi connectivity index (χ0n) is 10.1. The normalized spacial score (nSPS) is 11.0. The van der Waals surface area contributed by atoms with Crippen LogP contribution in [0.4, 0.5) is 11.4 Å². The van der Waals surface area contributed by atoms with E-state index in [1.807, 2.05) is 0 Å². The molecule has 0 aliphatic rings. The van der Waals surface area contributed by atoms with E-state index in [2.05, 4.69) is 10.0 Å². The van der Waals surface area contributed by atoms with Gasteiger partial charge in [0.15, 0.2) is 0 Å². The van der Waals surface area contributed by atoms with Gasteiger partial charge in [0.05, 0.1) is 11.4 Å². The van der Waals surface area contributed by atoms with Crippen molar-refractivity contribution < 1.29 is 13.2 Å². The molecule has 0 saturated heterocycles. The van der Waals surface area contributed by atoms with Gasteiger partial charge in [0, 0.05) is 6.92 Å². The Morgan fingerprint density at radius 3 is 2.37 bits per heavy atom. The van der Waals surface area contributed by atoms with Gasteiger partial charge in [-0.25, -0.2) is 8.42 Å². The Hall–Kier alpha value is -1.86. The molecule has 2 aromatic rings. The molecule has 7 heteroatoms. The first-order valence-corrected chi connectivity index (χ1v) is 7.78. The molecule has 1 aromatic carbocycles. The van der Waals surface area contributed by atoms with Crippen LogP contribution in [0.25, 0.3) is 0 Å². The topological polar surface area (TPSA) is 75.3 Å². The smallest absolute Gasteiger partial charge is 0.271 e. The molecule has 0 atom stereocenters. The number of para-hydroxylation sites is 2. The molecular weight excluding hydrogens is 284 g/mol. The van der Waals surface area contributed by atoms with E-state index < -0.39 is 10.0 Å². The summed E-state index contributed by atoms with van der Waals surface area (Å²) in [6, 6.07) is 9.82. The van der Waals surface area contributed by atoms with Crippen molar-refractivity contribution >= 4 is 38.6 Å². The van der Waals surface area contributed by atoms with Crippen molar-refractivity contribution in [3.05, 3.63) is 41.8 Å². The van der Waals surface area contributed by atoms with E-state index in [0.717, 1.165) is 11.3 Å². The summed E-state index contributed by atoms with van der Waals surface area (Å²) in [5.41, 5.74) is 0.765. The molecule has 0 radical (unpaired) electrons. The Kier molecular flexibility index (Phi) is 3.87. The monoisotopic (exact) mass is 296 g/mol. The Bertz CT molecular complexity index is 679. The number of hydrogen-bond donors (Lipinski definition) is 2. The zero-order valence-corrected chi connectivity index (χ0v) is 11.7. The van der Waals surface area contributed by atoms with Crippen LogP contribution in [-0.2, 0) is 14.8 Å². The Morgan fingerprint density at radius 2 is 1.79 bits per heavy atom. The van der Waals surface area contributed by atoms with Gasteiger partial charge in [-0.15, -0.1) is 11.3 Å². The summed E-state index contributed by atoms with van der Waals surface area (Å²) in [5.74, 6) is -0.261. The maximum atomic E-state index is 12.1. The van der Waals surface area contributed by atoms with Gasteiger partial charge in [-0.3, -0.25) is 9.52 Å². The quantitative estimate of drug-likeness (QED) is 0.910. The number of hydrogen-bond acceptors (Lipinski definition) is 4. The van der Waals surface area contributed by atoms with Crippen LogP contribution in [-0.4, -0.2) is 14.3 Å². The highest BCUT2D eigenvalue weighted by atomic mass is 32.2. The number of thiophene rings is 1. The highest BCUT2D eigenvalue weighted by Gasteiger charge is 2.16. The molecule has 2 N–H and O–H groups in total. The summed E-state index contributed by atoms with van der Waals surface area (Å²) in [5, 5.41) is 4.27. The number of amides is 1. The highest BCUT2D eigenvalue weighted by Crippen LogP contribution is 2.25. The second-order valence-corrected chi connectivity index (χ2v) is 6.62. The largest absolute Gasteiger partial charge is 0.325 e. The standard InChI is InChI=1S/C12H12N2O3S2/c1-9(15)13-10-5-2-3-6-11(10)14-19(16,17)12-7-4-8-18-12/h2-8,14H,1H3,(H,13,15). The molecule has 100 valence electrons. The summed E-state index contributed by atoms with van der Waals surface area (Å²) in [7, 11) is -3.61. The molecule has 0 fully saturated rings. The number of rotatable bonds is 4. The molecule has 5 nitrogen and oxygen atoms in total. The Balaban J connectivity index is 2.31. The minimum atomic E-state index is -3.61. The maximum absolute atomic E-state index is 12.1. The molecular formula is C12H12N2O3S2. The van der Waals surface area contributed by atoms with E-state index in [1.165, 1.54) is 13.0 Å². The van der Waals surface area contributed by atoms with E-state index in [4.69, 9.17) is 0 Å². The minimum absolute atomic E-state index is 0.227. The van der Waals surface area contributed by atoms with Gasteiger partial charge in [0.2, 0.25) is 5.91 Å². The predicted molar refractivity (Wildman–Crippen MR) is 75.9 cm³/mol. The van der Waals surface area contributed by atoms with Crippen molar-refractivity contribution in [2.24, 2.45) is 0 Å². The summed E-state index contributed by atoms with van der Waals surface area (Å²) >= 11 is 1.13. The first-order chi connectivity index (χ1) is 8.99. The average molecular weight is 296 g/mol. The van der Waals surface area contributed by atoms with E-state index in [-0.39, 0.29) is 10.1 Å². The summed E-state index contributed by atoms with van der Waals surface area (Å²) in [6.45, 7) is 1.37. The molecule has 1 heterocycles. The van der Waals surface area contributed by atoms with Crippen molar-refractivity contribution in [1.29, 1.82) is 0 Å². The van der Waals surface area contributed by atoms with Gasteiger partial charge in [-0.2, -0.15) is 0 Å². The SMILES string of the molecule is CC(=O)Nc1ccccc1NS(=O)(=O)c1cccs1. The number of benzene rings is 1. The molecule has 0 spiro atoms. The van der Waals surface area contributed by atoms with Crippen LogP contribution in [0.15, 0.2) is 46.0 Å². The fourth-order valence-corrected chi connectivity index (χ4v) is 3.55. The van der Waals surface area contributed by atoms with Crippen molar-refractivity contribution in [2.75, 3.05) is 10.0 Å². The maximum Gasteiger partial charge on any atom is 0.271 e. The van der Waals surface area contributed by atoms with Crippen LogP contribution < -0.4 is 10.0 Å². The van der Waals surface area contributed by atoms with E-state index in [9.17, 15) is 13.2 Å². The van der Waals surface area contributed by atoms with Gasteiger partial charge in [0.25, 0.3) is 10.0 Å². The number of carbonyl (C=O) groups is 1. The summed E-state index contributed by atoms with van der Waals surface area (Å²) in [4.78, 5) is 11.1. The van der Waals surface area contributed by atoms with Crippen molar-refractivity contribution in [3.63, 3.8) is 0 Å². The molecule has 0 aliphatic heterocycles. The second-order valence-electron chi connectivity index (χ2n) is 3.76. The molecule has 19 heavy (non-hydrogen) atoms. The first-order valence-electron chi connectivity index (χ1n) is 5.42. The van der Waals surface area contributed by atoms with E-state index >= 15 is 0 Å². The van der Waals surface area contributed by atoms with Crippen LogP contribution in [0.5, 0.6) is 0 Å². The van der Waals surface area contributed by atoms with Gasteiger partial charge in [0.1, 0.15) is 4.21 Å². The predicted octanol–water partition coefficient (Wildman–Crippen LogP) is 2.51. The molecule has 0 unspecified atom stereocenters. The lowest BCUT2D eigenvalue weighted by Crippen LogP contribution is -2.14. The third-order valence-electron chi connectivity index (χ3n) is 2.24. The fraction of sp³-hybridized carbons (Fsp3) is 0.0833. The van der Waals surface area contributed by atoms with Crippen LogP contribution in [0.1, 0.15) is 6.92 Å². The zero-order chi connectivity index (χ0) is 13.9. The summed E-state index contributed by atoms with van der Waals surface area (Å²) in [6.07, 6.45) is 0. The molecule has 0 saturated carbocycles. The second kappa shape index (κ2) is 5.41. The third kappa shape index (κ3) is 3.33. The van der Waals surface area contributed by atoms with Crippen LogP contribution >= 0.6 is 11.3 Å². The van der Waals surface area contributed by atoms with Crippen LogP contribution in [0, 0.1) is 0 Å². The van der Waals surface area contributed by atoms with Crippen LogP contribution in [0.2, 0.25) is 0 Å². The lowest BCUT2D eigenvalue weighted by atomic mass is 10.3. The van der Waals surface area contributed by atoms with E-state index in [1.54, 1.807) is 35.7 Å². The first kappa shape index (κ1) is 13.6. The van der Waals surface area contributed by atoms with Crippen LogP contribution in [0.3, 0.4) is 0 Å². The molecule has 0 bridgehead atoms. The third-order valence-corrected chi connectivity index (χ3v) is 5.00. The van der Waals surface area contributed by atoms with Crippen molar-refractivity contribution in [1.82, 2.24) is 0 Å². The highest BCUT2D eigenvalue weighted by molar-refractivity contribution is 7.94. The lowest BCUT2D eigenvalue weighted by molar-refractivity contribution is -0.114. The molecule has 2 rings (SSSR count). The molecule has 1 amide bonds. The van der Waals surface area contributed by atoms with Gasteiger partial charge in [-0.1, -0.05) is 18.2 Å². The van der Waals surface area contributed by atoms with Crippen molar-refractivity contribution in [3.8, 4) is 0 Å². The lowest BCUT2D eigenvalue weighted by Gasteiger charge is -2.11. The Labute approximate surface area is 115 Å². The van der Waals surface area contributed by atoms with Crippen molar-refractivity contribution in [2.45, 2.75) is 11.1 Å². The molecule has 1 aromatic heterocycles. The average Bonchev–Trinajstić information content (AvgIpc) is 2.85. The van der Waals surface area contributed by atoms with Gasteiger partial charge >= 0.3 is 0 Å². The Morgan fingerprint density at radius 1 is 1.11 bits per heavy atom. The molecule has 0 aliphatic carbocycles. The number of nitrogens with one attached hydrogen (secondary N) is 2. The number of carbonyl (C=O) groups excluding carboxylic acids is 1. The minimum Gasteiger partial charge on any atom is -0.325 e. The number of sulfonamides is 1. The van der Waals surface area contributed by atoms with Gasteiger partial charge < -0.3 is 5.32 Å². The van der Waals surface area contributed by atoms with Gasteiger partial charge in [-0.05, 0) is 23.6 Å². The summed E-state index contributed by atoms with van der Waals surface area (Å²) < 4.78 is 26.9.